The third-order valence-electron chi connectivity index (χ3n) is 11.8. The predicted molar refractivity (Wildman–Crippen MR) is 230 cm³/mol. The number of benzene rings is 1. The Morgan fingerprint density at radius 1 is 0.949 bits per heavy atom. The van der Waals surface area contributed by atoms with Gasteiger partial charge < -0.3 is 35.0 Å². The van der Waals surface area contributed by atoms with E-state index in [1.54, 1.807) is 36.3 Å². The highest BCUT2D eigenvalue weighted by Gasteiger charge is 2.43. The third-order valence-corrected chi connectivity index (χ3v) is 12.7. The molecule has 59 heavy (non-hydrogen) atoms. The van der Waals surface area contributed by atoms with Crippen LogP contribution in [0, 0.1) is 23.7 Å². The van der Waals surface area contributed by atoms with Crippen LogP contribution < -0.4 is 10.6 Å². The zero-order valence-electron chi connectivity index (χ0n) is 37.3. The molecule has 3 rings (SSSR count). The molecule has 2 heterocycles. The van der Waals surface area contributed by atoms with E-state index in [-0.39, 0.29) is 65.7 Å². The third kappa shape index (κ3) is 12.9. The fraction of sp³-hybridized carbons (Fsp3) is 0.682. The Kier molecular flexibility index (Phi) is 19.6. The second-order valence-electron chi connectivity index (χ2n) is 16.9. The molecule has 14 nitrogen and oxygen atoms in total. The summed E-state index contributed by atoms with van der Waals surface area (Å²) in [5.74, 6) is -2.35. The minimum absolute atomic E-state index is 0.0112. The van der Waals surface area contributed by atoms with Gasteiger partial charge in [0.15, 0.2) is 5.01 Å². The van der Waals surface area contributed by atoms with Crippen LogP contribution in [0.1, 0.15) is 95.2 Å². The molecule has 1 saturated heterocycles. The van der Waals surface area contributed by atoms with Crippen molar-refractivity contribution in [2.24, 2.45) is 23.7 Å². The summed E-state index contributed by atoms with van der Waals surface area (Å²) in [5.41, 5.74) is 1.24. The van der Waals surface area contributed by atoms with Gasteiger partial charge in [0, 0.05) is 39.6 Å². The first-order valence-electron chi connectivity index (χ1n) is 20.9. The molecule has 0 saturated carbocycles. The van der Waals surface area contributed by atoms with Crippen LogP contribution in [-0.4, -0.2) is 139 Å². The summed E-state index contributed by atoms with van der Waals surface area (Å²) in [6.45, 7) is 13.7. The molecule has 1 fully saturated rings. The van der Waals surface area contributed by atoms with Gasteiger partial charge in [0.1, 0.15) is 6.04 Å². The van der Waals surface area contributed by atoms with Gasteiger partial charge in [-0.05, 0) is 50.3 Å². The lowest BCUT2D eigenvalue weighted by atomic mass is 9.89. The zero-order chi connectivity index (χ0) is 44.1. The number of hydrogen-bond acceptors (Lipinski definition) is 11. The Hall–Kier alpha value is -3.76. The molecule has 1 aliphatic rings. The van der Waals surface area contributed by atoms with Crippen molar-refractivity contribution >= 4 is 40.7 Å². The van der Waals surface area contributed by atoms with E-state index >= 15 is 0 Å². The molecule has 1 aromatic carbocycles. The number of methoxy groups -OCH3 is 2. The number of aromatic nitrogens is 1. The highest BCUT2D eigenvalue weighted by atomic mass is 32.1. The maximum atomic E-state index is 14.3. The largest absolute Gasteiger partial charge is 0.390 e. The number of Topliss-reactive ketones (excluding diaryl/α,β-unsaturated/α-hetero) is 1. The maximum Gasteiger partial charge on any atom is 0.245 e. The number of hydrogen-bond donors (Lipinski definition) is 3. The van der Waals surface area contributed by atoms with Gasteiger partial charge >= 0.3 is 0 Å². The Balaban J connectivity index is 1.82. The Morgan fingerprint density at radius 2 is 1.61 bits per heavy atom. The molecule has 0 radical (unpaired) electrons. The number of ketones is 1. The molecule has 15 heteroatoms. The standard InChI is InChI=1S/C44H70N6O8S/c1-13-28(6)38(49(10)44(56)36(26(2)3)47-42(55)37(27(4)5)48(8)9)34(57-11)23-35(52)50-21-17-20-33(50)40(58-12)29(7)41(54)46-32(22-30-18-15-14-16-19-30)39(53)43-45-31(24-51)25-59-43/h14-16,18-19,25-29,32-34,36-38,40,51H,13,17,20-24H2,1-12H3,(H,46,54)(H,47,55)/t28-,29+,32-,33-,34+,36-,37-,38-,40+/m0/s1. The molecule has 2 aromatic rings. The molecule has 0 unspecified atom stereocenters. The molecule has 9 atom stereocenters. The fourth-order valence-electron chi connectivity index (χ4n) is 8.42. The smallest absolute Gasteiger partial charge is 0.245 e. The molecule has 330 valence electrons. The lowest BCUT2D eigenvalue weighted by Crippen LogP contribution is -2.59. The van der Waals surface area contributed by atoms with E-state index in [1.807, 2.05) is 90.9 Å². The number of likely N-dealkylation sites (N-methyl/N-ethyl adjacent to an activating group) is 2. The lowest BCUT2D eigenvalue weighted by Gasteiger charge is -2.41. The molecule has 0 spiro atoms. The van der Waals surface area contributed by atoms with Crippen LogP contribution >= 0.6 is 11.3 Å². The van der Waals surface area contributed by atoms with Crippen LogP contribution in [0.4, 0.5) is 0 Å². The van der Waals surface area contributed by atoms with Crippen LogP contribution in [-0.2, 0) is 41.7 Å². The second-order valence-corrected chi connectivity index (χ2v) is 17.7. The number of thiazole rings is 1. The van der Waals surface area contributed by atoms with E-state index in [4.69, 9.17) is 9.47 Å². The van der Waals surface area contributed by atoms with Gasteiger partial charge in [0.05, 0.1) is 61.0 Å². The first kappa shape index (κ1) is 49.6. The van der Waals surface area contributed by atoms with Crippen LogP contribution in [0.25, 0.3) is 0 Å². The highest BCUT2D eigenvalue weighted by Crippen LogP contribution is 2.30. The Morgan fingerprint density at radius 3 is 2.14 bits per heavy atom. The zero-order valence-corrected chi connectivity index (χ0v) is 38.1. The molecule has 0 bridgehead atoms. The molecule has 1 aromatic heterocycles. The lowest BCUT2D eigenvalue weighted by molar-refractivity contribution is -0.148. The van der Waals surface area contributed by atoms with Crippen molar-refractivity contribution in [3.8, 4) is 0 Å². The summed E-state index contributed by atoms with van der Waals surface area (Å²) in [5, 5.41) is 17.4. The number of aliphatic hydroxyl groups is 1. The van der Waals surface area contributed by atoms with Gasteiger partial charge in [0.25, 0.3) is 0 Å². The predicted octanol–water partition coefficient (Wildman–Crippen LogP) is 4.19. The van der Waals surface area contributed by atoms with Crippen molar-refractivity contribution in [2.75, 3.05) is 41.9 Å². The molecular weight excluding hydrogens is 773 g/mol. The number of ether oxygens (including phenoxy) is 2. The molecule has 0 aliphatic carbocycles. The van der Waals surface area contributed by atoms with Crippen molar-refractivity contribution < 1.29 is 38.6 Å². The van der Waals surface area contributed by atoms with Crippen molar-refractivity contribution in [1.82, 2.24) is 30.3 Å². The van der Waals surface area contributed by atoms with Gasteiger partial charge in [-0.3, -0.25) is 28.9 Å². The molecular formula is C44H70N6O8S. The van der Waals surface area contributed by atoms with Crippen LogP contribution in [0.5, 0.6) is 0 Å². The second kappa shape index (κ2) is 23.3. The summed E-state index contributed by atoms with van der Waals surface area (Å²) in [7, 11) is 8.49. The monoisotopic (exact) mass is 842 g/mol. The number of nitrogens with zero attached hydrogens (tertiary/aromatic N) is 4. The summed E-state index contributed by atoms with van der Waals surface area (Å²) in [6.07, 6.45) is 0.924. The average molecular weight is 843 g/mol. The summed E-state index contributed by atoms with van der Waals surface area (Å²) in [6, 6.07) is 6.37. The van der Waals surface area contributed by atoms with E-state index in [1.165, 1.54) is 7.11 Å². The average Bonchev–Trinajstić information content (AvgIpc) is 3.89. The maximum absolute atomic E-state index is 14.3. The van der Waals surface area contributed by atoms with Crippen LogP contribution in [0.15, 0.2) is 35.7 Å². The Labute approximate surface area is 355 Å². The van der Waals surface area contributed by atoms with E-state index in [9.17, 15) is 29.1 Å². The minimum Gasteiger partial charge on any atom is -0.390 e. The number of likely N-dealkylation sites (tertiary alicyclic amines) is 1. The number of rotatable bonds is 23. The fourth-order valence-corrected chi connectivity index (χ4v) is 9.22. The number of carbonyl (C=O) groups excluding carboxylic acids is 5. The van der Waals surface area contributed by atoms with Crippen LogP contribution in [0.2, 0.25) is 0 Å². The normalized spacial score (nSPS) is 18.5. The highest BCUT2D eigenvalue weighted by molar-refractivity contribution is 7.11. The van der Waals surface area contributed by atoms with Gasteiger partial charge in [0.2, 0.25) is 29.4 Å². The summed E-state index contributed by atoms with van der Waals surface area (Å²) < 4.78 is 12.0. The van der Waals surface area contributed by atoms with Crippen LogP contribution in [0.3, 0.4) is 0 Å². The molecule has 3 N–H and O–H groups in total. The SMILES string of the molecule is CC[C@H](C)[C@@H]([C@@H](CC(=O)N1CCC[C@H]1[C@H](OC)[C@@H](C)C(=O)N[C@@H](Cc1ccccc1)C(=O)c1nc(CO)cs1)OC)N(C)C(=O)[C@@H](NC(=O)[C@H](C(C)C)N(C)C)C(C)C. The van der Waals surface area contributed by atoms with E-state index in [0.717, 1.165) is 16.9 Å². The van der Waals surface area contributed by atoms with Crippen molar-refractivity contribution in [3.63, 3.8) is 0 Å². The Bertz CT molecular complexity index is 1660. The van der Waals surface area contributed by atoms with Gasteiger partial charge in [-0.25, -0.2) is 4.98 Å². The van der Waals surface area contributed by atoms with Crippen molar-refractivity contribution in [3.05, 3.63) is 52.0 Å². The number of aliphatic hydroxyl groups excluding tert-OH is 1. The number of carbonyl (C=O) groups is 5. The van der Waals surface area contributed by atoms with Gasteiger partial charge in [-0.15, -0.1) is 11.3 Å². The minimum atomic E-state index is -0.920. The van der Waals surface area contributed by atoms with E-state index < -0.39 is 54.2 Å². The first-order chi connectivity index (χ1) is 27.9. The van der Waals surface area contributed by atoms with E-state index in [2.05, 4.69) is 15.6 Å². The van der Waals surface area contributed by atoms with Crippen molar-refractivity contribution in [2.45, 2.75) is 130 Å². The van der Waals surface area contributed by atoms with Crippen molar-refractivity contribution in [1.29, 1.82) is 0 Å². The van der Waals surface area contributed by atoms with Gasteiger partial charge in [-0.2, -0.15) is 0 Å². The number of amides is 4. The van der Waals surface area contributed by atoms with E-state index in [0.29, 0.717) is 31.5 Å². The molecule has 1 aliphatic heterocycles. The molecule has 4 amide bonds. The quantitative estimate of drug-likeness (QED) is 0.138. The van der Waals surface area contributed by atoms with Gasteiger partial charge in [-0.1, -0.05) is 85.2 Å². The number of nitrogens with one attached hydrogen (secondary N) is 2. The summed E-state index contributed by atoms with van der Waals surface area (Å²) in [4.78, 5) is 79.4. The first-order valence-corrected chi connectivity index (χ1v) is 21.8. The topological polar surface area (TPSA) is 171 Å². The summed E-state index contributed by atoms with van der Waals surface area (Å²) >= 11 is 1.12.